The Labute approximate surface area is 307 Å². The van der Waals surface area contributed by atoms with E-state index in [0.717, 1.165) is 25.5 Å². The number of carbonyl (C=O) groups is 4. The number of hydrogen-bond acceptors (Lipinski definition) is 12. The molecule has 2 aliphatic rings. The summed E-state index contributed by atoms with van der Waals surface area (Å²) in [4.78, 5) is 62.2. The molecular formula is C34H38ClF3N8O7. The molecule has 1 aromatic heterocycles. The molecule has 0 radical (unpaired) electrons. The van der Waals surface area contributed by atoms with E-state index in [1.54, 1.807) is 12.1 Å². The van der Waals surface area contributed by atoms with Gasteiger partial charge in [-0.05, 0) is 80.0 Å². The van der Waals surface area contributed by atoms with E-state index in [2.05, 4.69) is 41.5 Å². The van der Waals surface area contributed by atoms with Crippen LogP contribution in [0.3, 0.4) is 0 Å². The van der Waals surface area contributed by atoms with Crippen LogP contribution in [0, 0.1) is 5.92 Å². The van der Waals surface area contributed by atoms with Crippen molar-refractivity contribution in [3.8, 4) is 6.01 Å². The van der Waals surface area contributed by atoms with Crippen molar-refractivity contribution in [2.24, 2.45) is 5.92 Å². The molecule has 2 atom stereocenters. The summed E-state index contributed by atoms with van der Waals surface area (Å²) in [6.07, 6.45) is -1.50. The molecule has 2 fully saturated rings. The highest BCUT2D eigenvalue weighted by Gasteiger charge is 2.45. The van der Waals surface area contributed by atoms with Gasteiger partial charge in [0.1, 0.15) is 6.04 Å². The van der Waals surface area contributed by atoms with Crippen LogP contribution in [0.25, 0.3) is 0 Å². The van der Waals surface area contributed by atoms with E-state index in [1.165, 1.54) is 24.3 Å². The Kier molecular flexibility index (Phi) is 12.9. The zero-order valence-corrected chi connectivity index (χ0v) is 29.3. The van der Waals surface area contributed by atoms with Crippen LogP contribution in [0.4, 0.5) is 30.8 Å². The number of amides is 3. The highest BCUT2D eigenvalue weighted by Crippen LogP contribution is 2.48. The Morgan fingerprint density at radius 2 is 1.68 bits per heavy atom. The molecule has 5 rings (SSSR count). The number of esters is 1. The zero-order chi connectivity index (χ0) is 38.0. The lowest BCUT2D eigenvalue weighted by atomic mass is 10.0. The van der Waals surface area contributed by atoms with Gasteiger partial charge in [0.2, 0.25) is 11.9 Å². The predicted octanol–water partition coefficient (Wildman–Crippen LogP) is 3.63. The van der Waals surface area contributed by atoms with Gasteiger partial charge >= 0.3 is 30.0 Å². The molecule has 0 bridgehead atoms. The summed E-state index contributed by atoms with van der Waals surface area (Å²) in [5.74, 6) is -3.13. The summed E-state index contributed by atoms with van der Waals surface area (Å²) < 4.78 is 53.8. The molecule has 2 aromatic carbocycles. The van der Waals surface area contributed by atoms with Crippen molar-refractivity contribution < 1.29 is 46.6 Å². The third kappa shape index (κ3) is 11.6. The topological polar surface area (TPSA) is 195 Å². The van der Waals surface area contributed by atoms with Crippen LogP contribution in [0.2, 0.25) is 5.02 Å². The van der Waals surface area contributed by atoms with Crippen LogP contribution in [0.15, 0.2) is 48.5 Å². The van der Waals surface area contributed by atoms with Crippen molar-refractivity contribution in [3.05, 3.63) is 64.7 Å². The number of ether oxygens (including phenoxy) is 3. The number of alkyl halides is 3. The number of nitrogens with zero attached hydrogens (tertiary/aromatic N) is 3. The molecule has 0 spiro atoms. The lowest BCUT2D eigenvalue weighted by Crippen LogP contribution is -2.46. The number of benzene rings is 2. The van der Waals surface area contributed by atoms with E-state index in [1.807, 2.05) is 12.1 Å². The first-order chi connectivity index (χ1) is 25.3. The number of hydrogen-bond donors (Lipinski definition) is 5. The second-order valence-corrected chi connectivity index (χ2v) is 12.9. The number of anilines is 3. The van der Waals surface area contributed by atoms with E-state index in [4.69, 9.17) is 25.8 Å². The number of carbonyl (C=O) groups excluding carboxylic acids is 4. The smallest absolute Gasteiger partial charge is 0.422 e. The quantitative estimate of drug-likeness (QED) is 0.112. The monoisotopic (exact) mass is 762 g/mol. The van der Waals surface area contributed by atoms with Crippen molar-refractivity contribution in [2.75, 3.05) is 50.7 Å². The normalized spacial score (nSPS) is 16.7. The molecule has 1 aliphatic heterocycles. The predicted molar refractivity (Wildman–Crippen MR) is 185 cm³/mol. The Morgan fingerprint density at radius 3 is 2.32 bits per heavy atom. The Hall–Kier alpha value is -5.23. The van der Waals surface area contributed by atoms with Crippen LogP contribution in [0.1, 0.15) is 48.0 Å². The second-order valence-electron chi connectivity index (χ2n) is 12.5. The third-order valence-electron chi connectivity index (χ3n) is 8.40. The van der Waals surface area contributed by atoms with Gasteiger partial charge in [0.05, 0.1) is 19.3 Å². The highest BCUT2D eigenvalue weighted by atomic mass is 35.5. The molecule has 1 saturated carbocycles. The Morgan fingerprint density at radius 1 is 0.981 bits per heavy atom. The first-order valence-corrected chi connectivity index (χ1v) is 17.1. The molecule has 3 amide bonds. The lowest BCUT2D eigenvalue weighted by Gasteiger charge is -2.22. The van der Waals surface area contributed by atoms with Crippen LogP contribution < -0.4 is 31.3 Å². The van der Waals surface area contributed by atoms with Crippen LogP contribution in [-0.4, -0.2) is 90.9 Å². The summed E-state index contributed by atoms with van der Waals surface area (Å²) in [6, 6.07) is 11.3. The highest BCUT2D eigenvalue weighted by molar-refractivity contribution is 6.35. The maximum atomic E-state index is 13.0. The number of halogens is 4. The van der Waals surface area contributed by atoms with E-state index in [0.29, 0.717) is 43.3 Å². The number of rotatable bonds is 15. The van der Waals surface area contributed by atoms with Gasteiger partial charge in [-0.2, -0.15) is 28.1 Å². The Bertz CT molecular complexity index is 1760. The summed E-state index contributed by atoms with van der Waals surface area (Å²) >= 11 is 6.03. The largest absolute Gasteiger partial charge is 0.467 e. The van der Waals surface area contributed by atoms with E-state index in [9.17, 15) is 32.3 Å². The van der Waals surface area contributed by atoms with Gasteiger partial charge in [0.15, 0.2) is 6.61 Å². The van der Waals surface area contributed by atoms with Gasteiger partial charge in [0.25, 0.3) is 5.91 Å². The van der Waals surface area contributed by atoms with Gasteiger partial charge in [0, 0.05) is 36.0 Å². The number of nitrogens with one attached hydrogen (secondary N) is 5. The number of aromatic nitrogens is 3. The van der Waals surface area contributed by atoms with E-state index >= 15 is 0 Å². The molecular weight excluding hydrogens is 725 g/mol. The average molecular weight is 763 g/mol. The van der Waals surface area contributed by atoms with Crippen LogP contribution >= 0.6 is 11.6 Å². The van der Waals surface area contributed by atoms with Gasteiger partial charge in [-0.1, -0.05) is 23.7 Å². The lowest BCUT2D eigenvalue weighted by molar-refractivity contribution is -0.154. The minimum atomic E-state index is -4.63. The third-order valence-corrected chi connectivity index (χ3v) is 8.65. The maximum Gasteiger partial charge on any atom is 0.422 e. The van der Waals surface area contributed by atoms with Crippen molar-refractivity contribution in [3.63, 3.8) is 0 Å². The molecule has 2 heterocycles. The fourth-order valence-corrected chi connectivity index (χ4v) is 5.56. The molecule has 3 aromatic rings. The van der Waals surface area contributed by atoms with Gasteiger partial charge in [-0.25, -0.2) is 4.79 Å². The molecule has 1 saturated heterocycles. The Balaban J connectivity index is 1.18. The van der Waals surface area contributed by atoms with E-state index < -0.39 is 54.1 Å². The molecule has 15 nitrogen and oxygen atoms in total. The molecule has 53 heavy (non-hydrogen) atoms. The van der Waals surface area contributed by atoms with Crippen LogP contribution in [0.5, 0.6) is 6.01 Å². The van der Waals surface area contributed by atoms with Crippen molar-refractivity contribution in [1.29, 1.82) is 0 Å². The molecule has 1 unspecified atom stereocenters. The standard InChI is InChI=1S/C34H38ClF3N8O7/c1-51-29(50)25(12-15-39-27(48)28(49)40-17-20-3-2-16-52-18-20)42-26(47)21-4-10-24(11-5-21)41-30-43-31(45-32(44-30)53-19-34(36,37)38)46-33(13-14-33)22-6-8-23(35)9-7-22/h4-11,20,25H,2-3,12-19H2,1H3,(H,39,48)(H,40,49)(H,42,47)(H2,41,43,44,45,46)/t20?,25-/m0/s1. The summed E-state index contributed by atoms with van der Waals surface area (Å²) in [5, 5.41) is 14.2. The maximum absolute atomic E-state index is 13.0. The molecule has 19 heteroatoms. The van der Waals surface area contributed by atoms with Crippen molar-refractivity contribution >= 4 is 52.9 Å². The fraction of sp³-hybridized carbons (Fsp3) is 0.441. The molecule has 1 aliphatic carbocycles. The van der Waals surface area contributed by atoms with Gasteiger partial charge in [-0.3, -0.25) is 14.4 Å². The van der Waals surface area contributed by atoms with Gasteiger partial charge in [-0.15, -0.1) is 0 Å². The van der Waals surface area contributed by atoms with E-state index in [-0.39, 0.29) is 36.3 Å². The average Bonchev–Trinajstić information content (AvgIpc) is 3.92. The SMILES string of the molecule is COC(=O)[C@H](CCNC(=O)C(=O)NCC1CCCOC1)NC(=O)c1ccc(Nc2nc(NC3(c4ccc(Cl)cc4)CC3)nc(OCC(F)(F)F)n2)cc1. The van der Waals surface area contributed by atoms with Gasteiger partial charge < -0.3 is 40.8 Å². The number of methoxy groups -OCH3 is 1. The van der Waals surface area contributed by atoms with Crippen LogP contribution in [-0.2, 0) is 29.4 Å². The molecule has 284 valence electrons. The first-order valence-electron chi connectivity index (χ1n) is 16.7. The van der Waals surface area contributed by atoms with Crippen molar-refractivity contribution in [1.82, 2.24) is 30.9 Å². The zero-order valence-electron chi connectivity index (χ0n) is 28.6. The summed E-state index contributed by atoms with van der Waals surface area (Å²) in [7, 11) is 1.15. The first kappa shape index (κ1) is 39.0. The summed E-state index contributed by atoms with van der Waals surface area (Å²) in [5.41, 5.74) is 0.851. The fourth-order valence-electron chi connectivity index (χ4n) is 5.44. The minimum Gasteiger partial charge on any atom is -0.467 e. The molecule has 5 N–H and O–H groups in total. The van der Waals surface area contributed by atoms with Crippen molar-refractivity contribution in [2.45, 2.75) is 49.9 Å². The second kappa shape index (κ2) is 17.5. The summed E-state index contributed by atoms with van der Waals surface area (Å²) in [6.45, 7) is -0.238. The minimum absolute atomic E-state index is 0.0247.